The third-order valence-corrected chi connectivity index (χ3v) is 5.32. The number of primary amides is 1. The maximum atomic E-state index is 11.6. The van der Waals surface area contributed by atoms with Gasteiger partial charge in [0.05, 0.1) is 13.0 Å². The minimum atomic E-state index is -0.274. The first-order valence-corrected chi connectivity index (χ1v) is 9.87. The van der Waals surface area contributed by atoms with Gasteiger partial charge in [-0.15, -0.1) is 0 Å². The maximum absolute atomic E-state index is 11.6. The van der Waals surface area contributed by atoms with E-state index in [9.17, 15) is 4.79 Å². The second-order valence-electron chi connectivity index (χ2n) is 6.70. The van der Waals surface area contributed by atoms with Gasteiger partial charge < -0.3 is 20.7 Å². The third-order valence-electron chi connectivity index (χ3n) is 4.74. The van der Waals surface area contributed by atoms with Crippen molar-refractivity contribution in [3.05, 3.63) is 39.9 Å². The molecule has 0 radical (unpaired) electrons. The van der Waals surface area contributed by atoms with Crippen LogP contribution < -0.4 is 20.7 Å². The fourth-order valence-electron chi connectivity index (χ4n) is 3.22. The highest BCUT2D eigenvalue weighted by Crippen LogP contribution is 2.25. The van der Waals surface area contributed by atoms with Crippen molar-refractivity contribution in [3.63, 3.8) is 0 Å². The van der Waals surface area contributed by atoms with Crippen molar-refractivity contribution >= 4 is 40.7 Å². The monoisotopic (exact) mass is 423 g/mol. The molecule has 1 aliphatic rings. The number of rotatable bonds is 7. The minimum Gasteiger partial charge on any atom is -0.467 e. The van der Waals surface area contributed by atoms with Gasteiger partial charge in [0.15, 0.2) is 0 Å². The van der Waals surface area contributed by atoms with E-state index in [1.807, 2.05) is 23.1 Å². The number of carbonyl (C=O) groups excluding carboxylic acids is 1. The quantitative estimate of drug-likeness (QED) is 0.710. The second kappa shape index (κ2) is 9.30. The van der Waals surface area contributed by atoms with E-state index in [4.69, 9.17) is 33.7 Å². The van der Waals surface area contributed by atoms with E-state index in [1.54, 1.807) is 6.07 Å². The lowest BCUT2D eigenvalue weighted by Gasteiger charge is -2.32. The summed E-state index contributed by atoms with van der Waals surface area (Å²) in [7, 11) is 1.53. The van der Waals surface area contributed by atoms with Gasteiger partial charge in [0.2, 0.25) is 5.91 Å². The zero-order valence-electron chi connectivity index (χ0n) is 15.6. The van der Waals surface area contributed by atoms with E-state index in [0.717, 1.165) is 24.9 Å². The Labute approximate surface area is 174 Å². The van der Waals surface area contributed by atoms with Gasteiger partial charge >= 0.3 is 6.01 Å². The van der Waals surface area contributed by atoms with Crippen LogP contribution in [0, 0.1) is 5.92 Å². The molecule has 1 amide bonds. The number of hydrogen-bond donors (Lipinski definition) is 2. The summed E-state index contributed by atoms with van der Waals surface area (Å²) in [5.74, 6) is 0.917. The molecule has 9 heteroatoms. The van der Waals surface area contributed by atoms with Crippen LogP contribution in [0.1, 0.15) is 18.4 Å². The maximum Gasteiger partial charge on any atom is 0.320 e. The summed E-state index contributed by atoms with van der Waals surface area (Å²) in [6, 6.07) is 7.59. The Kier molecular flexibility index (Phi) is 6.80. The highest BCUT2D eigenvalue weighted by atomic mass is 35.5. The summed E-state index contributed by atoms with van der Waals surface area (Å²) in [6.45, 7) is 1.99. The molecule has 2 heterocycles. The zero-order valence-corrected chi connectivity index (χ0v) is 17.1. The van der Waals surface area contributed by atoms with Crippen LogP contribution in [0.4, 0.5) is 11.6 Å². The van der Waals surface area contributed by atoms with Crippen molar-refractivity contribution in [2.45, 2.75) is 19.3 Å². The lowest BCUT2D eigenvalue weighted by Crippen LogP contribution is -2.41. The lowest BCUT2D eigenvalue weighted by atomic mass is 9.97. The lowest BCUT2D eigenvalue weighted by molar-refractivity contribution is -0.122. The van der Waals surface area contributed by atoms with Crippen LogP contribution >= 0.6 is 23.2 Å². The van der Waals surface area contributed by atoms with Crippen molar-refractivity contribution in [2.75, 3.05) is 37.0 Å². The van der Waals surface area contributed by atoms with Crippen molar-refractivity contribution in [1.82, 2.24) is 9.97 Å². The summed E-state index contributed by atoms with van der Waals surface area (Å²) in [6.07, 6.45) is 2.41. The molecule has 1 aromatic carbocycles. The van der Waals surface area contributed by atoms with Gasteiger partial charge in [-0.25, -0.2) is 0 Å². The van der Waals surface area contributed by atoms with E-state index in [2.05, 4.69) is 15.3 Å². The number of nitrogens with two attached hydrogens (primary N) is 1. The number of amides is 1. The second-order valence-corrected chi connectivity index (χ2v) is 7.54. The standard InChI is InChI=1S/C19H23Cl2N5O2/c1-28-19-24-16(23-7-6-12-4-5-14(20)9-15(12)21)10-17(25-19)26-8-2-3-13(11-26)18(22)27/h4-5,9-10,13H,2-3,6-8,11H2,1H3,(H2,22,27)(H,23,24,25). The molecule has 2 aromatic rings. The van der Waals surface area contributed by atoms with E-state index in [1.165, 1.54) is 7.11 Å². The summed E-state index contributed by atoms with van der Waals surface area (Å²) in [5.41, 5.74) is 6.48. The molecule has 1 unspecified atom stereocenters. The molecule has 1 atom stereocenters. The molecule has 28 heavy (non-hydrogen) atoms. The Morgan fingerprint density at radius 3 is 2.89 bits per heavy atom. The third kappa shape index (κ3) is 5.17. The van der Waals surface area contributed by atoms with Gasteiger partial charge in [0.1, 0.15) is 11.6 Å². The Bertz CT molecular complexity index is 849. The van der Waals surface area contributed by atoms with Crippen LogP contribution in [0.5, 0.6) is 6.01 Å². The fraction of sp³-hybridized carbons (Fsp3) is 0.421. The number of methoxy groups -OCH3 is 1. The summed E-state index contributed by atoms with van der Waals surface area (Å²) >= 11 is 12.2. The Morgan fingerprint density at radius 2 is 2.18 bits per heavy atom. The number of piperidine rings is 1. The predicted molar refractivity (Wildman–Crippen MR) is 111 cm³/mol. The Hall–Kier alpha value is -2.25. The minimum absolute atomic E-state index is 0.168. The normalized spacial score (nSPS) is 16.7. The molecule has 1 aromatic heterocycles. The Balaban J connectivity index is 1.69. The smallest absolute Gasteiger partial charge is 0.320 e. The van der Waals surface area contributed by atoms with Crippen molar-refractivity contribution < 1.29 is 9.53 Å². The van der Waals surface area contributed by atoms with Crippen LogP contribution in [0.3, 0.4) is 0 Å². The molecule has 1 fully saturated rings. The largest absolute Gasteiger partial charge is 0.467 e. The van der Waals surface area contributed by atoms with Gasteiger partial charge in [-0.2, -0.15) is 9.97 Å². The average Bonchev–Trinajstić information content (AvgIpc) is 2.69. The van der Waals surface area contributed by atoms with Crippen LogP contribution in [-0.2, 0) is 11.2 Å². The van der Waals surface area contributed by atoms with Gasteiger partial charge in [-0.3, -0.25) is 4.79 Å². The van der Waals surface area contributed by atoms with Crippen LogP contribution in [0.2, 0.25) is 10.0 Å². The molecular weight excluding hydrogens is 401 g/mol. The molecule has 0 aliphatic carbocycles. The molecule has 1 saturated heterocycles. The van der Waals surface area contributed by atoms with Crippen LogP contribution in [-0.4, -0.2) is 42.6 Å². The van der Waals surface area contributed by atoms with Gasteiger partial charge in [-0.1, -0.05) is 29.3 Å². The number of anilines is 2. The number of halogens is 2. The first kappa shape index (κ1) is 20.5. The average molecular weight is 424 g/mol. The number of nitrogens with one attached hydrogen (secondary N) is 1. The molecular formula is C19H23Cl2N5O2. The van der Waals surface area contributed by atoms with Crippen LogP contribution in [0.15, 0.2) is 24.3 Å². The molecule has 0 saturated carbocycles. The summed E-state index contributed by atoms with van der Waals surface area (Å²) < 4.78 is 5.24. The van der Waals surface area contributed by atoms with E-state index >= 15 is 0 Å². The highest BCUT2D eigenvalue weighted by molar-refractivity contribution is 6.35. The molecule has 0 bridgehead atoms. The van der Waals surface area contributed by atoms with Gasteiger partial charge in [0.25, 0.3) is 0 Å². The topological polar surface area (TPSA) is 93.4 Å². The molecule has 3 N–H and O–H groups in total. The SMILES string of the molecule is COc1nc(NCCc2ccc(Cl)cc2Cl)cc(N2CCCC(C(N)=O)C2)n1. The molecule has 3 rings (SSSR count). The summed E-state index contributed by atoms with van der Waals surface area (Å²) in [4.78, 5) is 22.4. The zero-order chi connectivity index (χ0) is 20.1. The highest BCUT2D eigenvalue weighted by Gasteiger charge is 2.25. The number of hydrogen-bond acceptors (Lipinski definition) is 6. The van der Waals surface area contributed by atoms with Gasteiger partial charge in [0, 0.05) is 35.7 Å². The van der Waals surface area contributed by atoms with Crippen molar-refractivity contribution in [2.24, 2.45) is 11.7 Å². The molecule has 0 spiro atoms. The first-order chi connectivity index (χ1) is 13.5. The van der Waals surface area contributed by atoms with E-state index in [0.29, 0.717) is 41.2 Å². The number of ether oxygens (including phenoxy) is 1. The number of benzene rings is 1. The predicted octanol–water partition coefficient (Wildman–Crippen LogP) is 3.15. The number of aromatic nitrogens is 2. The molecule has 7 nitrogen and oxygen atoms in total. The molecule has 1 aliphatic heterocycles. The van der Waals surface area contributed by atoms with E-state index < -0.39 is 0 Å². The Morgan fingerprint density at radius 1 is 1.36 bits per heavy atom. The number of nitrogens with zero attached hydrogens (tertiary/aromatic N) is 3. The van der Waals surface area contributed by atoms with Crippen LogP contribution in [0.25, 0.3) is 0 Å². The summed E-state index contributed by atoms with van der Waals surface area (Å²) in [5, 5.41) is 4.54. The number of carbonyl (C=O) groups is 1. The van der Waals surface area contributed by atoms with Crippen molar-refractivity contribution in [3.8, 4) is 6.01 Å². The fourth-order valence-corrected chi connectivity index (χ4v) is 3.73. The first-order valence-electron chi connectivity index (χ1n) is 9.11. The van der Waals surface area contributed by atoms with E-state index in [-0.39, 0.29) is 17.8 Å². The van der Waals surface area contributed by atoms with Crippen molar-refractivity contribution in [1.29, 1.82) is 0 Å². The molecule has 150 valence electrons. The van der Waals surface area contributed by atoms with Gasteiger partial charge in [-0.05, 0) is 37.0 Å².